The fourth-order valence-corrected chi connectivity index (χ4v) is 3.54. The molecular weight excluding hydrogens is 412 g/mol. The van der Waals surface area contributed by atoms with E-state index in [1.165, 1.54) is 6.07 Å². The van der Waals surface area contributed by atoms with E-state index in [2.05, 4.69) is 15.3 Å². The number of hydrogen-bond donors (Lipinski definition) is 1. The van der Waals surface area contributed by atoms with Gasteiger partial charge in [-0.1, -0.05) is 35.9 Å². The number of halogens is 1. The maximum absolute atomic E-state index is 13.3. The molecule has 154 valence electrons. The van der Waals surface area contributed by atoms with Gasteiger partial charge in [0.15, 0.2) is 5.43 Å². The lowest BCUT2D eigenvalue weighted by Gasteiger charge is -2.19. The molecule has 0 aliphatic heterocycles. The average molecular weight is 431 g/mol. The molecule has 3 heterocycles. The van der Waals surface area contributed by atoms with Crippen molar-refractivity contribution in [1.29, 1.82) is 0 Å². The number of amides is 1. The molecule has 0 atom stereocenters. The highest BCUT2D eigenvalue weighted by atomic mass is 35.5. The van der Waals surface area contributed by atoms with Crippen LogP contribution in [0.25, 0.3) is 11.4 Å². The molecule has 0 bridgehead atoms. The minimum atomic E-state index is -0.548. The van der Waals surface area contributed by atoms with Crippen LogP contribution in [0.1, 0.15) is 21.7 Å². The molecule has 6 nitrogen and oxygen atoms in total. The summed E-state index contributed by atoms with van der Waals surface area (Å²) in [6, 6.07) is 19.3. The lowest BCUT2D eigenvalue weighted by Crippen LogP contribution is -2.27. The topological polar surface area (TPSA) is 76.9 Å². The molecule has 0 aliphatic rings. The largest absolute Gasteiger partial charge is 0.337 e. The predicted molar refractivity (Wildman–Crippen MR) is 121 cm³/mol. The number of pyridine rings is 3. The van der Waals surface area contributed by atoms with Crippen LogP contribution in [-0.4, -0.2) is 20.4 Å². The highest BCUT2D eigenvalue weighted by Crippen LogP contribution is 2.25. The van der Waals surface area contributed by atoms with Crippen LogP contribution in [0.2, 0.25) is 5.02 Å². The van der Waals surface area contributed by atoms with Gasteiger partial charge in [-0.15, -0.1) is 0 Å². The minimum Gasteiger partial charge on any atom is -0.337 e. The fraction of sp³-hybridized carbons (Fsp3) is 0.0833. The van der Waals surface area contributed by atoms with Gasteiger partial charge in [-0.2, -0.15) is 0 Å². The van der Waals surface area contributed by atoms with Gasteiger partial charge in [0.1, 0.15) is 5.56 Å². The molecule has 0 saturated heterocycles. The third-order valence-corrected chi connectivity index (χ3v) is 5.15. The van der Waals surface area contributed by atoms with Gasteiger partial charge < -0.3 is 9.88 Å². The van der Waals surface area contributed by atoms with Crippen LogP contribution in [0.4, 0.5) is 5.69 Å². The zero-order valence-electron chi connectivity index (χ0n) is 16.7. The van der Waals surface area contributed by atoms with Gasteiger partial charge in [0.25, 0.3) is 5.91 Å². The molecule has 31 heavy (non-hydrogen) atoms. The van der Waals surface area contributed by atoms with Gasteiger partial charge in [-0.3, -0.25) is 19.6 Å². The van der Waals surface area contributed by atoms with E-state index in [1.807, 2.05) is 35.8 Å². The molecule has 0 aliphatic carbocycles. The Kier molecular flexibility index (Phi) is 5.91. The van der Waals surface area contributed by atoms with Crippen molar-refractivity contribution in [3.63, 3.8) is 0 Å². The molecule has 4 aromatic rings. The number of rotatable bonds is 5. The van der Waals surface area contributed by atoms with Crippen LogP contribution < -0.4 is 10.7 Å². The van der Waals surface area contributed by atoms with Crippen LogP contribution in [0.3, 0.4) is 0 Å². The number of carbonyl (C=O) groups is 1. The lowest BCUT2D eigenvalue weighted by atomic mass is 10.1. The first-order chi connectivity index (χ1) is 15.0. The van der Waals surface area contributed by atoms with Crippen molar-refractivity contribution < 1.29 is 4.79 Å². The highest BCUT2D eigenvalue weighted by molar-refractivity contribution is 6.34. The van der Waals surface area contributed by atoms with Crippen LogP contribution >= 0.6 is 11.6 Å². The van der Waals surface area contributed by atoms with E-state index in [4.69, 9.17) is 11.6 Å². The summed E-state index contributed by atoms with van der Waals surface area (Å²) in [5.41, 5.74) is 2.48. The lowest BCUT2D eigenvalue weighted by molar-refractivity contribution is 0.102. The fourth-order valence-electron chi connectivity index (χ4n) is 3.36. The zero-order valence-corrected chi connectivity index (χ0v) is 17.5. The quantitative estimate of drug-likeness (QED) is 0.503. The maximum atomic E-state index is 13.3. The summed E-state index contributed by atoms with van der Waals surface area (Å²) in [7, 11) is 0. The predicted octanol–water partition coefficient (Wildman–Crippen LogP) is 4.57. The molecule has 0 radical (unpaired) electrons. The number of carbonyl (C=O) groups excluding carboxylic acids is 1. The first-order valence-corrected chi connectivity index (χ1v) is 10.0. The molecule has 1 amide bonds. The Morgan fingerprint density at radius 2 is 1.71 bits per heavy atom. The third-order valence-electron chi connectivity index (χ3n) is 4.82. The number of benzene rings is 1. The third kappa shape index (κ3) is 4.39. The minimum absolute atomic E-state index is 0.000140. The summed E-state index contributed by atoms with van der Waals surface area (Å²) in [6.45, 7) is 2.21. The Hall–Kier alpha value is -3.77. The molecule has 4 rings (SSSR count). The number of aryl methyl sites for hydroxylation is 1. The van der Waals surface area contributed by atoms with Crippen molar-refractivity contribution in [3.8, 4) is 11.4 Å². The van der Waals surface area contributed by atoms with E-state index in [0.29, 0.717) is 34.3 Å². The molecule has 0 fully saturated rings. The van der Waals surface area contributed by atoms with Gasteiger partial charge in [-0.25, -0.2) is 0 Å². The second kappa shape index (κ2) is 8.93. The van der Waals surface area contributed by atoms with E-state index < -0.39 is 5.91 Å². The zero-order chi connectivity index (χ0) is 21.8. The number of anilines is 1. The van der Waals surface area contributed by atoms with Gasteiger partial charge in [-0.05, 0) is 43.3 Å². The summed E-state index contributed by atoms with van der Waals surface area (Å²) < 4.78 is 1.88. The Morgan fingerprint density at radius 1 is 1.00 bits per heavy atom. The number of aromatic nitrogens is 3. The van der Waals surface area contributed by atoms with Crippen LogP contribution in [0, 0.1) is 6.92 Å². The number of nitrogens with one attached hydrogen (secondary N) is 1. The van der Waals surface area contributed by atoms with E-state index in [1.54, 1.807) is 48.8 Å². The maximum Gasteiger partial charge on any atom is 0.261 e. The second-order valence-corrected chi connectivity index (χ2v) is 7.34. The summed E-state index contributed by atoms with van der Waals surface area (Å²) in [6.07, 6.45) is 3.33. The molecule has 0 saturated carbocycles. The Labute approximate surface area is 184 Å². The van der Waals surface area contributed by atoms with Crippen LogP contribution in [0.15, 0.2) is 83.9 Å². The molecule has 1 N–H and O–H groups in total. The summed E-state index contributed by atoms with van der Waals surface area (Å²) >= 11 is 6.20. The SMILES string of the molecule is Cc1cc(=O)c(C(=O)Nc2ccccc2Cl)c(-c2ccccn2)n1Cc1ccccn1. The van der Waals surface area contributed by atoms with Crippen molar-refractivity contribution in [2.45, 2.75) is 13.5 Å². The summed E-state index contributed by atoms with van der Waals surface area (Å²) in [5, 5.41) is 3.15. The van der Waals surface area contributed by atoms with Gasteiger partial charge in [0.2, 0.25) is 0 Å². The number of para-hydroxylation sites is 1. The van der Waals surface area contributed by atoms with Crippen LogP contribution in [-0.2, 0) is 6.54 Å². The molecule has 0 spiro atoms. The van der Waals surface area contributed by atoms with Crippen molar-refractivity contribution in [1.82, 2.24) is 14.5 Å². The van der Waals surface area contributed by atoms with Crippen molar-refractivity contribution in [2.75, 3.05) is 5.32 Å². The first-order valence-electron chi connectivity index (χ1n) is 9.66. The standard InChI is InChI=1S/C24H19ClN4O2/c1-16-14-21(30)22(24(31)28-19-10-3-2-9-18(19)25)23(20-11-5-7-13-27-20)29(16)15-17-8-4-6-12-26-17/h2-14H,15H2,1H3,(H,28,31). The highest BCUT2D eigenvalue weighted by Gasteiger charge is 2.23. The van der Waals surface area contributed by atoms with E-state index in [0.717, 1.165) is 5.69 Å². The Balaban J connectivity index is 1.90. The number of hydrogen-bond acceptors (Lipinski definition) is 4. The molecule has 3 aromatic heterocycles. The summed E-state index contributed by atoms with van der Waals surface area (Å²) in [5.74, 6) is -0.548. The monoisotopic (exact) mass is 430 g/mol. The number of nitrogens with zero attached hydrogens (tertiary/aromatic N) is 3. The van der Waals surface area contributed by atoms with Gasteiger partial charge in [0, 0.05) is 24.2 Å². The second-order valence-electron chi connectivity index (χ2n) is 6.93. The molecule has 0 unspecified atom stereocenters. The smallest absolute Gasteiger partial charge is 0.261 e. The molecule has 7 heteroatoms. The summed E-state index contributed by atoms with van der Waals surface area (Å²) in [4.78, 5) is 35.1. The van der Waals surface area contributed by atoms with Crippen molar-refractivity contribution >= 4 is 23.2 Å². The van der Waals surface area contributed by atoms with E-state index in [-0.39, 0.29) is 11.0 Å². The average Bonchev–Trinajstić information content (AvgIpc) is 2.78. The van der Waals surface area contributed by atoms with Crippen molar-refractivity contribution in [3.05, 3.63) is 111 Å². The first kappa shape index (κ1) is 20.5. The molecule has 1 aromatic carbocycles. The van der Waals surface area contributed by atoms with Gasteiger partial charge >= 0.3 is 0 Å². The van der Waals surface area contributed by atoms with E-state index >= 15 is 0 Å². The van der Waals surface area contributed by atoms with Crippen LogP contribution in [0.5, 0.6) is 0 Å². The normalized spacial score (nSPS) is 10.6. The Morgan fingerprint density at radius 3 is 2.39 bits per heavy atom. The Bertz CT molecular complexity index is 1290. The van der Waals surface area contributed by atoms with Crippen molar-refractivity contribution in [2.24, 2.45) is 0 Å². The van der Waals surface area contributed by atoms with Gasteiger partial charge in [0.05, 0.1) is 34.3 Å². The molecular formula is C24H19ClN4O2. The van der Waals surface area contributed by atoms with E-state index in [9.17, 15) is 9.59 Å².